The SMILES string of the molecule is Cc1cc(NC(=O)C(=O)N2CC(C)CC(C)C2)ccc1Br. The summed E-state index contributed by atoms with van der Waals surface area (Å²) in [6.45, 7) is 7.50. The minimum absolute atomic E-state index is 0.436. The van der Waals surface area contributed by atoms with Crippen LogP contribution in [0.2, 0.25) is 0 Å². The van der Waals surface area contributed by atoms with E-state index in [0.29, 0.717) is 30.6 Å². The predicted octanol–water partition coefficient (Wildman–Crippen LogP) is 3.20. The number of amides is 2. The van der Waals surface area contributed by atoms with E-state index in [0.717, 1.165) is 16.5 Å². The lowest BCUT2D eigenvalue weighted by molar-refractivity contribution is -0.144. The zero-order chi connectivity index (χ0) is 15.6. The van der Waals surface area contributed by atoms with Crippen LogP contribution in [0.5, 0.6) is 0 Å². The van der Waals surface area contributed by atoms with Crippen molar-refractivity contribution in [1.29, 1.82) is 0 Å². The van der Waals surface area contributed by atoms with Crippen molar-refractivity contribution in [3.05, 3.63) is 28.2 Å². The van der Waals surface area contributed by atoms with Crippen LogP contribution < -0.4 is 5.32 Å². The molecule has 1 aliphatic heterocycles. The van der Waals surface area contributed by atoms with Gasteiger partial charge in [-0.25, -0.2) is 0 Å². The largest absolute Gasteiger partial charge is 0.334 e. The number of carbonyl (C=O) groups excluding carboxylic acids is 2. The third-order valence-electron chi connectivity index (χ3n) is 3.77. The lowest BCUT2D eigenvalue weighted by atomic mass is 9.92. The van der Waals surface area contributed by atoms with Crippen molar-refractivity contribution in [3.8, 4) is 0 Å². The van der Waals surface area contributed by atoms with Gasteiger partial charge in [-0.2, -0.15) is 0 Å². The minimum Gasteiger partial charge on any atom is -0.334 e. The second-order valence-electron chi connectivity index (χ2n) is 6.07. The van der Waals surface area contributed by atoms with Crippen molar-refractivity contribution in [3.63, 3.8) is 0 Å². The standard InChI is InChI=1S/C16H21BrN2O2/c1-10-6-11(2)9-19(8-10)16(21)15(20)18-13-4-5-14(17)12(3)7-13/h4-5,7,10-11H,6,8-9H2,1-3H3,(H,18,20). The lowest BCUT2D eigenvalue weighted by Gasteiger charge is -2.34. The zero-order valence-electron chi connectivity index (χ0n) is 12.6. The number of anilines is 1. The van der Waals surface area contributed by atoms with Crippen molar-refractivity contribution < 1.29 is 9.59 Å². The summed E-state index contributed by atoms with van der Waals surface area (Å²) in [5.41, 5.74) is 1.66. The molecule has 1 aromatic carbocycles. The molecule has 0 bridgehead atoms. The first kappa shape index (κ1) is 16.0. The van der Waals surface area contributed by atoms with Gasteiger partial charge in [0.25, 0.3) is 0 Å². The number of likely N-dealkylation sites (tertiary alicyclic amines) is 1. The molecule has 4 nitrogen and oxygen atoms in total. The molecule has 2 rings (SSSR count). The second kappa shape index (κ2) is 6.60. The van der Waals surface area contributed by atoms with Crippen LogP contribution in [0.15, 0.2) is 22.7 Å². The van der Waals surface area contributed by atoms with Gasteiger partial charge in [0.15, 0.2) is 0 Å². The van der Waals surface area contributed by atoms with Crippen LogP contribution in [0.25, 0.3) is 0 Å². The highest BCUT2D eigenvalue weighted by atomic mass is 79.9. The van der Waals surface area contributed by atoms with E-state index < -0.39 is 11.8 Å². The van der Waals surface area contributed by atoms with Crippen molar-refractivity contribution in [2.45, 2.75) is 27.2 Å². The van der Waals surface area contributed by atoms with Crippen molar-refractivity contribution in [2.75, 3.05) is 18.4 Å². The molecule has 1 heterocycles. The number of hydrogen-bond acceptors (Lipinski definition) is 2. The van der Waals surface area contributed by atoms with E-state index in [2.05, 4.69) is 35.1 Å². The Labute approximate surface area is 134 Å². The first-order valence-electron chi connectivity index (χ1n) is 7.23. The molecule has 2 amide bonds. The molecule has 1 fully saturated rings. The molecule has 21 heavy (non-hydrogen) atoms. The number of aryl methyl sites for hydroxylation is 1. The van der Waals surface area contributed by atoms with Crippen molar-refractivity contribution >= 4 is 33.4 Å². The maximum atomic E-state index is 12.3. The van der Waals surface area contributed by atoms with Gasteiger partial charge < -0.3 is 10.2 Å². The Morgan fingerprint density at radius 1 is 1.24 bits per heavy atom. The van der Waals surface area contributed by atoms with E-state index in [1.54, 1.807) is 11.0 Å². The van der Waals surface area contributed by atoms with E-state index in [9.17, 15) is 9.59 Å². The van der Waals surface area contributed by atoms with E-state index in [1.165, 1.54) is 0 Å². The maximum absolute atomic E-state index is 12.3. The van der Waals surface area contributed by atoms with Crippen LogP contribution in [0.1, 0.15) is 25.8 Å². The van der Waals surface area contributed by atoms with Crippen LogP contribution in [0.3, 0.4) is 0 Å². The van der Waals surface area contributed by atoms with Gasteiger partial charge in [0.1, 0.15) is 0 Å². The number of benzene rings is 1. The molecule has 0 saturated carbocycles. The summed E-state index contributed by atoms with van der Waals surface area (Å²) in [4.78, 5) is 26.0. The fourth-order valence-electron chi connectivity index (χ4n) is 2.88. The lowest BCUT2D eigenvalue weighted by Crippen LogP contribution is -2.47. The number of rotatable bonds is 1. The van der Waals surface area contributed by atoms with Crippen LogP contribution in [0, 0.1) is 18.8 Å². The Bertz CT molecular complexity index is 549. The van der Waals surface area contributed by atoms with Gasteiger partial charge in [-0.15, -0.1) is 0 Å². The van der Waals surface area contributed by atoms with Crippen LogP contribution in [-0.4, -0.2) is 29.8 Å². The first-order valence-corrected chi connectivity index (χ1v) is 8.02. The predicted molar refractivity (Wildman–Crippen MR) is 87.0 cm³/mol. The van der Waals surface area contributed by atoms with E-state index in [4.69, 9.17) is 0 Å². The Morgan fingerprint density at radius 2 is 1.86 bits per heavy atom. The second-order valence-corrected chi connectivity index (χ2v) is 6.93. The summed E-state index contributed by atoms with van der Waals surface area (Å²) >= 11 is 3.41. The summed E-state index contributed by atoms with van der Waals surface area (Å²) < 4.78 is 0.977. The van der Waals surface area contributed by atoms with Gasteiger partial charge in [-0.05, 0) is 48.9 Å². The van der Waals surface area contributed by atoms with Gasteiger partial charge in [0.2, 0.25) is 0 Å². The van der Waals surface area contributed by atoms with Crippen molar-refractivity contribution in [2.24, 2.45) is 11.8 Å². The van der Waals surface area contributed by atoms with Crippen LogP contribution >= 0.6 is 15.9 Å². The van der Waals surface area contributed by atoms with Gasteiger partial charge >= 0.3 is 11.8 Å². The number of piperidine rings is 1. The third kappa shape index (κ3) is 4.06. The third-order valence-corrected chi connectivity index (χ3v) is 4.66. The molecule has 2 unspecified atom stereocenters. The Hall–Kier alpha value is -1.36. The molecular weight excluding hydrogens is 332 g/mol. The topological polar surface area (TPSA) is 49.4 Å². The molecule has 1 N–H and O–H groups in total. The molecule has 1 aromatic rings. The molecule has 0 aromatic heterocycles. The summed E-state index contributed by atoms with van der Waals surface area (Å²) in [5, 5.41) is 2.69. The molecule has 1 aliphatic rings. The van der Waals surface area contributed by atoms with E-state index in [1.807, 2.05) is 19.1 Å². The highest BCUT2D eigenvalue weighted by Crippen LogP contribution is 2.22. The average molecular weight is 353 g/mol. The zero-order valence-corrected chi connectivity index (χ0v) is 14.2. The normalized spacial score (nSPS) is 22.0. The molecule has 114 valence electrons. The molecule has 1 saturated heterocycles. The minimum atomic E-state index is -0.557. The quantitative estimate of drug-likeness (QED) is 0.789. The molecule has 5 heteroatoms. The Morgan fingerprint density at radius 3 is 2.43 bits per heavy atom. The van der Waals surface area contributed by atoms with Gasteiger partial charge in [0.05, 0.1) is 0 Å². The maximum Gasteiger partial charge on any atom is 0.313 e. The highest BCUT2D eigenvalue weighted by Gasteiger charge is 2.29. The molecule has 2 atom stereocenters. The average Bonchev–Trinajstić information content (AvgIpc) is 2.41. The Kier molecular flexibility index (Phi) is 5.04. The fraction of sp³-hybridized carbons (Fsp3) is 0.500. The van der Waals surface area contributed by atoms with Gasteiger partial charge in [-0.1, -0.05) is 29.8 Å². The highest BCUT2D eigenvalue weighted by molar-refractivity contribution is 9.10. The first-order chi connectivity index (χ1) is 9.86. The molecular formula is C16H21BrN2O2. The van der Waals surface area contributed by atoms with E-state index >= 15 is 0 Å². The number of carbonyl (C=O) groups is 2. The van der Waals surface area contributed by atoms with Gasteiger partial charge in [-0.3, -0.25) is 9.59 Å². The number of halogens is 1. The van der Waals surface area contributed by atoms with Gasteiger partial charge in [0, 0.05) is 23.2 Å². The summed E-state index contributed by atoms with van der Waals surface area (Å²) in [6.07, 6.45) is 1.11. The smallest absolute Gasteiger partial charge is 0.313 e. The number of nitrogens with one attached hydrogen (secondary N) is 1. The molecule has 0 radical (unpaired) electrons. The van der Waals surface area contributed by atoms with Crippen LogP contribution in [-0.2, 0) is 9.59 Å². The summed E-state index contributed by atoms with van der Waals surface area (Å²) in [6, 6.07) is 5.49. The fourth-order valence-corrected chi connectivity index (χ4v) is 3.13. The monoisotopic (exact) mass is 352 g/mol. The number of hydrogen-bond donors (Lipinski definition) is 1. The number of nitrogens with zero attached hydrogens (tertiary/aromatic N) is 1. The summed E-state index contributed by atoms with van der Waals surface area (Å²) in [7, 11) is 0. The molecule has 0 aliphatic carbocycles. The summed E-state index contributed by atoms with van der Waals surface area (Å²) in [5.74, 6) is -0.104. The Balaban J connectivity index is 2.02. The van der Waals surface area contributed by atoms with Crippen LogP contribution in [0.4, 0.5) is 5.69 Å². The van der Waals surface area contributed by atoms with Crippen molar-refractivity contribution in [1.82, 2.24) is 4.90 Å². The van der Waals surface area contributed by atoms with E-state index in [-0.39, 0.29) is 0 Å². The molecule has 0 spiro atoms.